The molecule has 8 heteroatoms. The molecular formula is C21H27N3O3S2. The van der Waals surface area contributed by atoms with Crippen molar-refractivity contribution >= 4 is 51.2 Å². The first-order valence-corrected chi connectivity index (χ1v) is 10.5. The molecule has 0 aliphatic rings. The van der Waals surface area contributed by atoms with Crippen LogP contribution in [0.15, 0.2) is 24.3 Å². The average molecular weight is 434 g/mol. The third kappa shape index (κ3) is 5.13. The summed E-state index contributed by atoms with van der Waals surface area (Å²) < 4.78 is 4.92. The van der Waals surface area contributed by atoms with Gasteiger partial charge in [-0.15, -0.1) is 11.3 Å². The molecule has 6 nitrogen and oxygen atoms in total. The van der Waals surface area contributed by atoms with Gasteiger partial charge in [0, 0.05) is 19.8 Å². The van der Waals surface area contributed by atoms with E-state index in [2.05, 4.69) is 30.5 Å². The zero-order valence-corrected chi connectivity index (χ0v) is 19.2. The first kappa shape index (κ1) is 22.8. The van der Waals surface area contributed by atoms with Crippen LogP contribution in [0.5, 0.6) is 0 Å². The van der Waals surface area contributed by atoms with E-state index < -0.39 is 5.97 Å². The van der Waals surface area contributed by atoms with E-state index in [0.717, 1.165) is 17.7 Å². The molecule has 2 N–H and O–H groups in total. The van der Waals surface area contributed by atoms with Gasteiger partial charge in [0.2, 0.25) is 0 Å². The molecule has 0 radical (unpaired) electrons. The van der Waals surface area contributed by atoms with Crippen LogP contribution in [0.1, 0.15) is 57.3 Å². The predicted molar refractivity (Wildman–Crippen MR) is 123 cm³/mol. The highest BCUT2D eigenvalue weighted by molar-refractivity contribution is 7.80. The number of thiophene rings is 1. The molecule has 1 unspecified atom stereocenters. The van der Waals surface area contributed by atoms with Crippen molar-refractivity contribution in [2.45, 2.75) is 33.1 Å². The molecule has 2 aromatic rings. The smallest absolute Gasteiger partial charge is 0.341 e. The number of ether oxygens (including phenoxy) is 1. The molecule has 0 saturated heterocycles. The molecule has 2 rings (SSSR count). The molecule has 0 spiro atoms. The Bertz CT molecular complexity index is 922. The Kier molecular flexibility index (Phi) is 7.75. The number of anilines is 2. The SMILES string of the molecule is CCC(C)c1ccccc1NC(=S)Nc1sc(C(=O)N(C)C)c(C)c1C(=O)OC. The second kappa shape index (κ2) is 9.84. The number of thiocarbonyl (C=S) groups is 1. The summed E-state index contributed by atoms with van der Waals surface area (Å²) in [7, 11) is 4.66. The Labute approximate surface area is 181 Å². The standard InChI is InChI=1S/C21H27N3O3S2/c1-7-12(2)14-10-8-9-11-15(14)22-21(28)23-18-16(20(26)27-6)13(3)17(29-18)19(25)24(4)5/h8-12H,7H2,1-6H3,(H2,22,23,28). The van der Waals surface area contributed by atoms with E-state index in [0.29, 0.717) is 32.0 Å². The normalized spacial score (nSPS) is 11.5. The molecule has 0 aliphatic carbocycles. The van der Waals surface area contributed by atoms with Gasteiger partial charge in [0.05, 0.1) is 17.6 Å². The molecule has 0 fully saturated rings. The van der Waals surface area contributed by atoms with Crippen molar-refractivity contribution in [2.75, 3.05) is 31.8 Å². The Morgan fingerprint density at radius 3 is 2.48 bits per heavy atom. The Morgan fingerprint density at radius 2 is 1.90 bits per heavy atom. The van der Waals surface area contributed by atoms with Gasteiger partial charge in [-0.25, -0.2) is 4.79 Å². The molecule has 156 valence electrons. The molecule has 1 heterocycles. The Morgan fingerprint density at radius 1 is 1.24 bits per heavy atom. The molecule has 0 saturated carbocycles. The van der Waals surface area contributed by atoms with Crippen LogP contribution in [0.4, 0.5) is 10.7 Å². The lowest BCUT2D eigenvalue weighted by Gasteiger charge is -2.17. The van der Waals surface area contributed by atoms with Crippen molar-refractivity contribution in [3.63, 3.8) is 0 Å². The van der Waals surface area contributed by atoms with Crippen molar-refractivity contribution < 1.29 is 14.3 Å². The molecule has 1 aromatic carbocycles. The summed E-state index contributed by atoms with van der Waals surface area (Å²) in [6.07, 6.45) is 1.01. The minimum Gasteiger partial charge on any atom is -0.465 e. The van der Waals surface area contributed by atoms with Gasteiger partial charge in [-0.2, -0.15) is 0 Å². The lowest BCUT2D eigenvalue weighted by Crippen LogP contribution is -2.21. The second-order valence-corrected chi connectivity index (χ2v) is 8.36. The minimum atomic E-state index is -0.512. The van der Waals surface area contributed by atoms with Crippen molar-refractivity contribution in [1.29, 1.82) is 0 Å². The number of nitrogens with zero attached hydrogens (tertiary/aromatic N) is 1. The van der Waals surface area contributed by atoms with Crippen molar-refractivity contribution in [1.82, 2.24) is 4.90 Å². The number of hydrogen-bond donors (Lipinski definition) is 2. The summed E-state index contributed by atoms with van der Waals surface area (Å²) in [6, 6.07) is 7.99. The summed E-state index contributed by atoms with van der Waals surface area (Å²) in [6.45, 7) is 6.03. The van der Waals surface area contributed by atoms with Crippen LogP contribution >= 0.6 is 23.6 Å². The van der Waals surface area contributed by atoms with Gasteiger partial charge in [-0.05, 0) is 48.7 Å². The number of benzene rings is 1. The third-order valence-electron chi connectivity index (χ3n) is 4.72. The molecule has 1 amide bonds. The number of rotatable bonds is 6. The molecule has 0 aliphatic heterocycles. The lowest BCUT2D eigenvalue weighted by atomic mass is 9.97. The van der Waals surface area contributed by atoms with Crippen LogP contribution in [0, 0.1) is 6.92 Å². The third-order valence-corrected chi connectivity index (χ3v) is 6.12. The maximum atomic E-state index is 12.5. The van der Waals surface area contributed by atoms with Gasteiger partial charge < -0.3 is 20.3 Å². The lowest BCUT2D eigenvalue weighted by molar-refractivity contribution is 0.0601. The van der Waals surface area contributed by atoms with E-state index in [1.165, 1.54) is 23.3 Å². The van der Waals surface area contributed by atoms with Crippen LogP contribution in [-0.2, 0) is 4.74 Å². The summed E-state index contributed by atoms with van der Waals surface area (Å²) in [5.74, 6) is -0.311. The highest BCUT2D eigenvalue weighted by Crippen LogP contribution is 2.35. The number of esters is 1. The molecule has 29 heavy (non-hydrogen) atoms. The predicted octanol–water partition coefficient (Wildman–Crippen LogP) is 4.87. The summed E-state index contributed by atoms with van der Waals surface area (Å²) in [4.78, 5) is 26.8. The number of carbonyl (C=O) groups is 2. The topological polar surface area (TPSA) is 70.7 Å². The minimum absolute atomic E-state index is 0.174. The quantitative estimate of drug-likeness (QED) is 0.500. The molecule has 1 atom stereocenters. The number of hydrogen-bond acceptors (Lipinski definition) is 5. The van der Waals surface area contributed by atoms with E-state index in [1.54, 1.807) is 21.0 Å². The van der Waals surface area contributed by atoms with Gasteiger partial charge in [0.25, 0.3) is 5.91 Å². The summed E-state index contributed by atoms with van der Waals surface area (Å²) in [5.41, 5.74) is 2.97. The van der Waals surface area contributed by atoms with E-state index in [4.69, 9.17) is 17.0 Å². The van der Waals surface area contributed by atoms with Crippen molar-refractivity contribution in [2.24, 2.45) is 0 Å². The first-order chi connectivity index (χ1) is 13.7. The first-order valence-electron chi connectivity index (χ1n) is 9.31. The molecule has 0 bridgehead atoms. The van der Waals surface area contributed by atoms with E-state index in [1.807, 2.05) is 18.2 Å². The monoisotopic (exact) mass is 433 g/mol. The van der Waals surface area contributed by atoms with Crippen molar-refractivity contribution in [3.8, 4) is 0 Å². The van der Waals surface area contributed by atoms with E-state index in [-0.39, 0.29) is 5.91 Å². The van der Waals surface area contributed by atoms with Crippen LogP contribution < -0.4 is 10.6 Å². The summed E-state index contributed by atoms with van der Waals surface area (Å²) in [5, 5.41) is 7.13. The number of nitrogens with one attached hydrogen (secondary N) is 2. The molecule has 1 aromatic heterocycles. The van der Waals surface area contributed by atoms with E-state index in [9.17, 15) is 9.59 Å². The van der Waals surface area contributed by atoms with Crippen LogP contribution in [0.25, 0.3) is 0 Å². The van der Waals surface area contributed by atoms with Gasteiger partial charge >= 0.3 is 5.97 Å². The maximum absolute atomic E-state index is 12.5. The maximum Gasteiger partial charge on any atom is 0.341 e. The van der Waals surface area contributed by atoms with Crippen molar-refractivity contribution in [3.05, 3.63) is 45.8 Å². The fourth-order valence-electron chi connectivity index (χ4n) is 2.87. The zero-order chi connectivity index (χ0) is 21.7. The fourth-order valence-corrected chi connectivity index (χ4v) is 4.37. The summed E-state index contributed by atoms with van der Waals surface area (Å²) >= 11 is 6.68. The van der Waals surface area contributed by atoms with E-state index >= 15 is 0 Å². The highest BCUT2D eigenvalue weighted by Gasteiger charge is 2.26. The average Bonchev–Trinajstić information content (AvgIpc) is 3.01. The van der Waals surface area contributed by atoms with Gasteiger partial charge in [0.15, 0.2) is 5.11 Å². The number of carbonyl (C=O) groups excluding carboxylic acids is 2. The number of amides is 1. The van der Waals surface area contributed by atoms with Gasteiger partial charge in [-0.1, -0.05) is 32.0 Å². The number of methoxy groups -OCH3 is 1. The molecular weight excluding hydrogens is 406 g/mol. The highest BCUT2D eigenvalue weighted by atomic mass is 32.1. The zero-order valence-electron chi connectivity index (χ0n) is 17.6. The van der Waals surface area contributed by atoms with Crippen LogP contribution in [-0.4, -0.2) is 43.1 Å². The largest absolute Gasteiger partial charge is 0.465 e. The Hall–Kier alpha value is -2.45. The van der Waals surface area contributed by atoms with Gasteiger partial charge in [0.1, 0.15) is 5.00 Å². The second-order valence-electron chi connectivity index (χ2n) is 6.93. The number of para-hydroxylation sites is 1. The fraction of sp³-hybridized carbons (Fsp3) is 0.381. The van der Waals surface area contributed by atoms with Crippen LogP contribution in [0.2, 0.25) is 0 Å². The van der Waals surface area contributed by atoms with Gasteiger partial charge in [-0.3, -0.25) is 4.79 Å². The van der Waals surface area contributed by atoms with Crippen LogP contribution in [0.3, 0.4) is 0 Å². The Balaban J connectivity index is 2.34.